The second kappa shape index (κ2) is 8.76. The molecule has 4 rings (SSSR count). The first kappa shape index (κ1) is 19.6. The molecule has 0 aliphatic heterocycles. The molecule has 4 aromatic rings. The van der Waals surface area contributed by atoms with E-state index in [1.165, 1.54) is 44.5 Å². The van der Waals surface area contributed by atoms with E-state index in [2.05, 4.69) is 120 Å². The number of rotatable bonds is 5. The highest BCUT2D eigenvalue weighted by Crippen LogP contribution is 2.31. The Kier molecular flexibility index (Phi) is 5.93. The van der Waals surface area contributed by atoms with Crippen LogP contribution in [0.4, 0.5) is 0 Å². The van der Waals surface area contributed by atoms with Crippen molar-refractivity contribution in [1.82, 2.24) is 0 Å². The molecule has 0 spiro atoms. The minimum Gasteiger partial charge on any atom is -0.129 e. The lowest BCUT2D eigenvalue weighted by Gasteiger charge is -2.14. The summed E-state index contributed by atoms with van der Waals surface area (Å²) in [6, 6.07) is 35.2. The second-order valence-corrected chi connectivity index (χ2v) is 8.56. The normalized spacial score (nSPS) is 12.0. The molecular formula is C28H27P. The van der Waals surface area contributed by atoms with Gasteiger partial charge in [0, 0.05) is 5.66 Å². The average Bonchev–Trinajstić information content (AvgIpc) is 2.75. The van der Waals surface area contributed by atoms with Crippen molar-refractivity contribution < 1.29 is 0 Å². The van der Waals surface area contributed by atoms with Gasteiger partial charge in [0.1, 0.15) is 0 Å². The highest BCUT2D eigenvalue weighted by molar-refractivity contribution is 7.17. The molecule has 2 unspecified atom stereocenters. The molecule has 144 valence electrons. The maximum atomic E-state index is 3.02. The van der Waals surface area contributed by atoms with Crippen LogP contribution in [0.25, 0.3) is 22.3 Å². The minimum atomic E-state index is 0.408. The monoisotopic (exact) mass is 394 g/mol. The van der Waals surface area contributed by atoms with Crippen LogP contribution < -0.4 is 0 Å². The predicted octanol–water partition coefficient (Wildman–Crippen LogP) is 7.80. The molecule has 0 heterocycles. The van der Waals surface area contributed by atoms with Crippen LogP contribution in [-0.2, 0) is 6.42 Å². The molecule has 0 nitrogen and oxygen atoms in total. The van der Waals surface area contributed by atoms with Crippen molar-refractivity contribution in [3.05, 3.63) is 119 Å². The molecule has 4 aromatic carbocycles. The van der Waals surface area contributed by atoms with E-state index in [0.29, 0.717) is 5.66 Å². The summed E-state index contributed by atoms with van der Waals surface area (Å²) in [6.45, 7) is 4.34. The van der Waals surface area contributed by atoms with Crippen LogP contribution in [0, 0.1) is 13.8 Å². The van der Waals surface area contributed by atoms with Gasteiger partial charge in [0.25, 0.3) is 0 Å². The Morgan fingerprint density at radius 1 is 0.586 bits per heavy atom. The Balaban J connectivity index is 1.47. The van der Waals surface area contributed by atoms with E-state index in [0.717, 1.165) is 6.42 Å². The molecule has 0 saturated carbocycles. The lowest BCUT2D eigenvalue weighted by Crippen LogP contribution is -1.96. The molecule has 0 saturated heterocycles. The van der Waals surface area contributed by atoms with Crippen LogP contribution in [-0.4, -0.2) is 0 Å². The SMILES string of the molecule is Cc1ccccc1-c1ccc(CC(P)c2ccc(-c3ccccc3C)cc2)cc1. The smallest absolute Gasteiger partial charge is 0.00257 e. The third kappa shape index (κ3) is 4.50. The summed E-state index contributed by atoms with van der Waals surface area (Å²) in [5, 5.41) is 0. The minimum absolute atomic E-state index is 0.408. The van der Waals surface area contributed by atoms with Gasteiger partial charge in [0.2, 0.25) is 0 Å². The largest absolute Gasteiger partial charge is 0.129 e. The number of aryl methyl sites for hydroxylation is 2. The lowest BCUT2D eigenvalue weighted by molar-refractivity contribution is 0.934. The van der Waals surface area contributed by atoms with E-state index in [9.17, 15) is 0 Å². The summed E-state index contributed by atoms with van der Waals surface area (Å²) >= 11 is 0. The van der Waals surface area contributed by atoms with E-state index < -0.39 is 0 Å². The second-order valence-electron chi connectivity index (χ2n) is 7.76. The van der Waals surface area contributed by atoms with Crippen molar-refractivity contribution in [2.45, 2.75) is 25.9 Å². The zero-order valence-corrected chi connectivity index (χ0v) is 18.3. The predicted molar refractivity (Wildman–Crippen MR) is 129 cm³/mol. The Morgan fingerprint density at radius 2 is 1.03 bits per heavy atom. The van der Waals surface area contributed by atoms with Gasteiger partial charge in [-0.2, -0.15) is 0 Å². The van der Waals surface area contributed by atoms with Gasteiger partial charge in [-0.15, -0.1) is 9.24 Å². The van der Waals surface area contributed by atoms with Crippen LogP contribution in [0.3, 0.4) is 0 Å². The number of hydrogen-bond donors (Lipinski definition) is 0. The quantitative estimate of drug-likeness (QED) is 0.303. The first-order chi connectivity index (χ1) is 14.1. The maximum Gasteiger partial charge on any atom is 0.00257 e. The molecule has 29 heavy (non-hydrogen) atoms. The van der Waals surface area contributed by atoms with E-state index in [4.69, 9.17) is 0 Å². The summed E-state index contributed by atoms with van der Waals surface area (Å²) < 4.78 is 0. The van der Waals surface area contributed by atoms with E-state index in [1.807, 2.05) is 0 Å². The fourth-order valence-corrected chi connectivity index (χ4v) is 4.39. The molecule has 0 radical (unpaired) electrons. The fraction of sp³-hybridized carbons (Fsp3) is 0.143. The molecule has 0 aliphatic carbocycles. The summed E-state index contributed by atoms with van der Waals surface area (Å²) in [6.07, 6.45) is 1.02. The zero-order chi connectivity index (χ0) is 20.2. The molecule has 0 N–H and O–H groups in total. The van der Waals surface area contributed by atoms with Gasteiger partial charge in [-0.05, 0) is 64.8 Å². The number of benzene rings is 4. The highest BCUT2D eigenvalue weighted by Gasteiger charge is 2.09. The van der Waals surface area contributed by atoms with Gasteiger partial charge in [-0.3, -0.25) is 0 Å². The molecule has 0 fully saturated rings. The molecule has 1 heteroatoms. The topological polar surface area (TPSA) is 0 Å². The van der Waals surface area contributed by atoms with Gasteiger partial charge in [-0.25, -0.2) is 0 Å². The molecule has 0 bridgehead atoms. The molecule has 0 aliphatic rings. The van der Waals surface area contributed by atoms with Gasteiger partial charge in [0.05, 0.1) is 0 Å². The summed E-state index contributed by atoms with van der Waals surface area (Å²) in [5.41, 5.74) is 11.0. The Bertz CT molecular complexity index is 1090. The first-order valence-corrected chi connectivity index (χ1v) is 10.8. The molecular weight excluding hydrogens is 367 g/mol. The van der Waals surface area contributed by atoms with Crippen molar-refractivity contribution in [3.8, 4) is 22.3 Å². The van der Waals surface area contributed by atoms with Crippen molar-refractivity contribution in [2.24, 2.45) is 0 Å². The standard InChI is InChI=1S/C28H27P/c1-20-7-3-5-9-26(20)23-13-11-22(12-14-23)19-28(29)25-17-15-24(16-18-25)27-10-6-4-8-21(27)2/h3-18,28H,19,29H2,1-2H3. The maximum absolute atomic E-state index is 3.02. The Labute approximate surface area is 176 Å². The van der Waals surface area contributed by atoms with E-state index >= 15 is 0 Å². The third-order valence-corrected chi connectivity index (χ3v) is 6.28. The van der Waals surface area contributed by atoms with Gasteiger partial charge < -0.3 is 0 Å². The van der Waals surface area contributed by atoms with Crippen molar-refractivity contribution in [3.63, 3.8) is 0 Å². The van der Waals surface area contributed by atoms with Crippen LogP contribution in [0.15, 0.2) is 97.1 Å². The molecule has 2 atom stereocenters. The van der Waals surface area contributed by atoms with Gasteiger partial charge in [-0.1, -0.05) is 97.1 Å². The van der Waals surface area contributed by atoms with Crippen molar-refractivity contribution in [1.29, 1.82) is 0 Å². The highest BCUT2D eigenvalue weighted by atomic mass is 31.0. The Morgan fingerprint density at radius 3 is 1.52 bits per heavy atom. The summed E-state index contributed by atoms with van der Waals surface area (Å²) in [4.78, 5) is 0. The van der Waals surface area contributed by atoms with E-state index in [-0.39, 0.29) is 0 Å². The first-order valence-electron chi connectivity index (χ1n) is 10.2. The lowest BCUT2D eigenvalue weighted by atomic mass is 9.96. The van der Waals surface area contributed by atoms with Crippen molar-refractivity contribution in [2.75, 3.05) is 0 Å². The van der Waals surface area contributed by atoms with Gasteiger partial charge in [0.15, 0.2) is 0 Å². The Hall–Kier alpha value is -2.69. The molecule has 0 amide bonds. The zero-order valence-electron chi connectivity index (χ0n) is 17.1. The van der Waals surface area contributed by atoms with Crippen LogP contribution >= 0.6 is 9.24 Å². The van der Waals surface area contributed by atoms with Crippen LogP contribution in [0.1, 0.15) is 27.9 Å². The van der Waals surface area contributed by atoms with Crippen LogP contribution in [0.2, 0.25) is 0 Å². The molecule has 0 aromatic heterocycles. The van der Waals surface area contributed by atoms with Gasteiger partial charge >= 0.3 is 0 Å². The number of hydrogen-bond acceptors (Lipinski definition) is 0. The average molecular weight is 394 g/mol. The van der Waals surface area contributed by atoms with Crippen LogP contribution in [0.5, 0.6) is 0 Å². The third-order valence-electron chi connectivity index (χ3n) is 5.66. The summed E-state index contributed by atoms with van der Waals surface area (Å²) in [7, 11) is 3.02. The van der Waals surface area contributed by atoms with Crippen molar-refractivity contribution >= 4 is 9.24 Å². The summed E-state index contributed by atoms with van der Waals surface area (Å²) in [5.74, 6) is 0. The van der Waals surface area contributed by atoms with E-state index in [1.54, 1.807) is 0 Å². The fourth-order valence-electron chi connectivity index (χ4n) is 3.90.